The van der Waals surface area contributed by atoms with Crippen molar-refractivity contribution in [1.29, 1.82) is 0 Å². The molecule has 1 N–H and O–H groups in total. The van der Waals surface area contributed by atoms with Gasteiger partial charge in [0.2, 0.25) is 0 Å². The standard InChI is InChI=1S/C16H13BF3NO2/c1-17-14-8-13(6-5-11(14)9-23-17)21-15(22)10-3-2-4-12(7-10)16(18,19)20/h2-8H,9H2,1H3,(H,21,22). The van der Waals surface area contributed by atoms with Gasteiger partial charge in [0.05, 0.1) is 12.2 Å². The topological polar surface area (TPSA) is 38.3 Å². The number of amides is 1. The zero-order valence-electron chi connectivity index (χ0n) is 12.3. The maximum absolute atomic E-state index is 12.7. The fourth-order valence-corrected chi connectivity index (χ4v) is 2.53. The summed E-state index contributed by atoms with van der Waals surface area (Å²) in [5.74, 6) is -0.581. The maximum atomic E-state index is 12.7. The summed E-state index contributed by atoms with van der Waals surface area (Å²) in [4.78, 5) is 12.2. The number of alkyl halides is 3. The number of benzene rings is 2. The van der Waals surface area contributed by atoms with Crippen LogP contribution >= 0.6 is 0 Å². The van der Waals surface area contributed by atoms with E-state index in [1.807, 2.05) is 12.9 Å². The molecule has 0 aromatic heterocycles. The van der Waals surface area contributed by atoms with Crippen LogP contribution in [0.25, 0.3) is 0 Å². The molecule has 3 nitrogen and oxygen atoms in total. The Balaban J connectivity index is 1.81. The molecule has 3 rings (SSSR count). The third kappa shape index (κ3) is 3.24. The molecule has 1 amide bonds. The molecule has 0 unspecified atom stereocenters. The van der Waals surface area contributed by atoms with Crippen molar-refractivity contribution >= 4 is 24.0 Å². The summed E-state index contributed by atoms with van der Waals surface area (Å²) in [6, 6.07) is 9.70. The number of hydrogen-bond donors (Lipinski definition) is 1. The fraction of sp³-hybridized carbons (Fsp3) is 0.188. The number of carbonyl (C=O) groups excluding carboxylic acids is 1. The first-order valence-corrected chi connectivity index (χ1v) is 7.07. The third-order valence-corrected chi connectivity index (χ3v) is 3.78. The first-order valence-electron chi connectivity index (χ1n) is 7.07. The van der Waals surface area contributed by atoms with Crippen LogP contribution in [0.1, 0.15) is 21.5 Å². The first-order chi connectivity index (χ1) is 10.8. The van der Waals surface area contributed by atoms with Gasteiger partial charge in [-0.2, -0.15) is 13.2 Å². The molecular weight excluding hydrogens is 306 g/mol. The highest BCUT2D eigenvalue weighted by atomic mass is 19.4. The molecule has 0 saturated carbocycles. The lowest BCUT2D eigenvalue weighted by Gasteiger charge is -2.10. The van der Waals surface area contributed by atoms with Gasteiger partial charge in [-0.1, -0.05) is 19.0 Å². The van der Waals surface area contributed by atoms with Gasteiger partial charge >= 0.3 is 13.1 Å². The summed E-state index contributed by atoms with van der Waals surface area (Å²) in [6.45, 7) is 2.37. The Morgan fingerprint density at radius 3 is 2.74 bits per heavy atom. The average molecular weight is 319 g/mol. The predicted molar refractivity (Wildman–Crippen MR) is 81.9 cm³/mol. The zero-order chi connectivity index (χ0) is 16.6. The molecule has 23 heavy (non-hydrogen) atoms. The quantitative estimate of drug-likeness (QED) is 0.863. The van der Waals surface area contributed by atoms with Crippen molar-refractivity contribution in [3.8, 4) is 0 Å². The van der Waals surface area contributed by atoms with Crippen LogP contribution in [0.15, 0.2) is 42.5 Å². The number of carbonyl (C=O) groups is 1. The Hall–Kier alpha value is -2.28. The van der Waals surface area contributed by atoms with Gasteiger partial charge in [0, 0.05) is 11.3 Å². The Morgan fingerprint density at radius 1 is 1.22 bits per heavy atom. The lowest BCUT2D eigenvalue weighted by Crippen LogP contribution is -2.25. The van der Waals surface area contributed by atoms with E-state index in [1.165, 1.54) is 12.1 Å². The lowest BCUT2D eigenvalue weighted by atomic mass is 9.64. The molecule has 0 spiro atoms. The van der Waals surface area contributed by atoms with Crippen LogP contribution < -0.4 is 10.8 Å². The van der Waals surface area contributed by atoms with E-state index in [4.69, 9.17) is 4.65 Å². The summed E-state index contributed by atoms with van der Waals surface area (Å²) in [6.07, 6.45) is -4.48. The monoisotopic (exact) mass is 319 g/mol. The summed E-state index contributed by atoms with van der Waals surface area (Å²) in [7, 11) is 0. The van der Waals surface area contributed by atoms with Crippen molar-refractivity contribution in [1.82, 2.24) is 0 Å². The Labute approximate surface area is 131 Å². The van der Waals surface area contributed by atoms with Crippen molar-refractivity contribution in [2.75, 3.05) is 5.32 Å². The number of nitrogens with one attached hydrogen (secondary N) is 1. The van der Waals surface area contributed by atoms with E-state index in [2.05, 4.69) is 5.32 Å². The van der Waals surface area contributed by atoms with E-state index in [0.717, 1.165) is 23.2 Å². The third-order valence-electron chi connectivity index (χ3n) is 3.78. The van der Waals surface area contributed by atoms with Crippen LogP contribution in [-0.2, 0) is 17.4 Å². The van der Waals surface area contributed by atoms with Gasteiger partial charge in [-0.3, -0.25) is 4.79 Å². The van der Waals surface area contributed by atoms with E-state index in [0.29, 0.717) is 12.3 Å². The molecule has 0 bridgehead atoms. The molecule has 1 heterocycles. The first kappa shape index (κ1) is 15.6. The fourth-order valence-electron chi connectivity index (χ4n) is 2.53. The molecule has 1 aliphatic rings. The largest absolute Gasteiger partial charge is 0.427 e. The molecule has 0 aliphatic carbocycles. The molecule has 118 valence electrons. The lowest BCUT2D eigenvalue weighted by molar-refractivity contribution is -0.137. The SMILES string of the molecule is CB1OCc2ccc(NC(=O)c3cccc(C(F)(F)F)c3)cc21. The highest BCUT2D eigenvalue weighted by molar-refractivity contribution is 6.67. The molecule has 0 saturated heterocycles. The van der Waals surface area contributed by atoms with Gasteiger partial charge in [0.15, 0.2) is 0 Å². The Bertz CT molecular complexity index is 761. The van der Waals surface area contributed by atoms with Gasteiger partial charge in [0.1, 0.15) is 0 Å². The second-order valence-electron chi connectivity index (χ2n) is 5.40. The zero-order valence-corrected chi connectivity index (χ0v) is 12.3. The number of anilines is 1. The van der Waals surface area contributed by atoms with E-state index in [-0.39, 0.29) is 12.5 Å². The van der Waals surface area contributed by atoms with Crippen LogP contribution in [0, 0.1) is 0 Å². The van der Waals surface area contributed by atoms with E-state index in [1.54, 1.807) is 12.1 Å². The van der Waals surface area contributed by atoms with Crippen molar-refractivity contribution in [3.63, 3.8) is 0 Å². The van der Waals surface area contributed by atoms with E-state index < -0.39 is 17.6 Å². The highest BCUT2D eigenvalue weighted by Gasteiger charge is 2.31. The van der Waals surface area contributed by atoms with Crippen molar-refractivity contribution in [2.45, 2.75) is 19.6 Å². The second kappa shape index (κ2) is 5.74. The minimum absolute atomic E-state index is 0.0374. The highest BCUT2D eigenvalue weighted by Crippen LogP contribution is 2.29. The summed E-state index contributed by atoms with van der Waals surface area (Å²) in [5.41, 5.74) is 1.68. The van der Waals surface area contributed by atoms with E-state index >= 15 is 0 Å². The summed E-state index contributed by atoms with van der Waals surface area (Å²) >= 11 is 0. The van der Waals surface area contributed by atoms with Gasteiger partial charge in [-0.25, -0.2) is 0 Å². The van der Waals surface area contributed by atoms with Crippen molar-refractivity contribution < 1.29 is 22.6 Å². The van der Waals surface area contributed by atoms with Crippen molar-refractivity contribution in [2.24, 2.45) is 0 Å². The molecule has 7 heteroatoms. The molecule has 1 aliphatic heterocycles. The van der Waals surface area contributed by atoms with Crippen molar-refractivity contribution in [3.05, 3.63) is 59.2 Å². The normalized spacial score (nSPS) is 13.8. The predicted octanol–water partition coefficient (Wildman–Crippen LogP) is 3.32. The van der Waals surface area contributed by atoms with Gasteiger partial charge in [-0.15, -0.1) is 0 Å². The Kier molecular flexibility index (Phi) is 3.89. The second-order valence-corrected chi connectivity index (χ2v) is 5.40. The molecule has 0 fully saturated rings. The minimum atomic E-state index is -4.48. The van der Waals surface area contributed by atoms with Gasteiger partial charge in [-0.05, 0) is 41.4 Å². The number of hydrogen-bond acceptors (Lipinski definition) is 2. The number of halogens is 3. The summed E-state index contributed by atoms with van der Waals surface area (Å²) in [5, 5.41) is 2.63. The number of rotatable bonds is 2. The van der Waals surface area contributed by atoms with E-state index in [9.17, 15) is 18.0 Å². The number of fused-ring (bicyclic) bond motifs is 1. The van der Waals surface area contributed by atoms with Gasteiger partial charge in [0.25, 0.3) is 5.91 Å². The van der Waals surface area contributed by atoms with Gasteiger partial charge < -0.3 is 9.97 Å². The maximum Gasteiger partial charge on any atom is 0.416 e. The van der Waals surface area contributed by atoms with Crippen LogP contribution in [-0.4, -0.2) is 12.8 Å². The molecule has 0 radical (unpaired) electrons. The molecule has 2 aromatic carbocycles. The molecule has 0 atom stereocenters. The smallest absolute Gasteiger partial charge is 0.416 e. The van der Waals surface area contributed by atoms with Crippen LogP contribution in [0.2, 0.25) is 6.82 Å². The molecular formula is C16H13BF3NO2. The van der Waals surface area contributed by atoms with Crippen LogP contribution in [0.5, 0.6) is 0 Å². The minimum Gasteiger partial charge on any atom is -0.427 e. The van der Waals surface area contributed by atoms with Crippen LogP contribution in [0.4, 0.5) is 18.9 Å². The average Bonchev–Trinajstić information content (AvgIpc) is 2.88. The summed E-state index contributed by atoms with van der Waals surface area (Å²) < 4.78 is 43.6. The Morgan fingerprint density at radius 2 is 2.00 bits per heavy atom. The van der Waals surface area contributed by atoms with Crippen LogP contribution in [0.3, 0.4) is 0 Å². The molecule has 2 aromatic rings.